The minimum absolute atomic E-state index is 0.172. The number of carboxylic acids is 1. The summed E-state index contributed by atoms with van der Waals surface area (Å²) in [6, 6.07) is 5.83. The number of carboxylic acid groups (broad SMARTS) is 1. The van der Waals surface area contributed by atoms with Crippen LogP contribution in [0.1, 0.15) is 52.0 Å². The molecule has 35 heavy (non-hydrogen) atoms. The Bertz CT molecular complexity index is 1020. The molecule has 0 aliphatic heterocycles. The summed E-state index contributed by atoms with van der Waals surface area (Å²) in [5.41, 5.74) is 1.06. The molecule has 2 aromatic rings. The fraction of sp³-hybridized carbons (Fsp3) is 0.560. The van der Waals surface area contributed by atoms with E-state index in [2.05, 4.69) is 17.2 Å². The quantitative estimate of drug-likeness (QED) is 0.383. The first-order chi connectivity index (χ1) is 16.6. The number of nitrogens with zero attached hydrogens (tertiary/aromatic N) is 2. The average Bonchev–Trinajstić information content (AvgIpc) is 3.25. The van der Waals surface area contributed by atoms with E-state index in [4.69, 9.17) is 9.47 Å². The topological polar surface area (TPSA) is 101 Å². The lowest BCUT2D eigenvalue weighted by Crippen LogP contribution is -2.45. The van der Waals surface area contributed by atoms with Crippen LogP contribution in [-0.4, -0.2) is 58.5 Å². The fourth-order valence-corrected chi connectivity index (χ4v) is 6.38. The van der Waals surface area contributed by atoms with Gasteiger partial charge < -0.3 is 19.5 Å². The van der Waals surface area contributed by atoms with Gasteiger partial charge in [-0.2, -0.15) is 0 Å². The van der Waals surface area contributed by atoms with Crippen LogP contribution in [0.2, 0.25) is 0 Å². The minimum Gasteiger partial charge on any atom is -0.493 e. The molecule has 0 atom stereocenters. The van der Waals surface area contributed by atoms with Gasteiger partial charge >= 0.3 is 12.0 Å². The summed E-state index contributed by atoms with van der Waals surface area (Å²) >= 11 is 2.51. The van der Waals surface area contributed by atoms with Crippen molar-refractivity contribution < 1.29 is 24.2 Å². The maximum Gasteiger partial charge on any atom is 0.323 e. The molecule has 1 aromatic heterocycles. The molecule has 3 rings (SSSR count). The highest BCUT2D eigenvalue weighted by Crippen LogP contribution is 2.38. The van der Waals surface area contributed by atoms with Gasteiger partial charge in [0.25, 0.3) is 0 Å². The van der Waals surface area contributed by atoms with E-state index >= 15 is 0 Å². The fourth-order valence-electron chi connectivity index (χ4n) is 4.11. The molecule has 10 heteroatoms. The Balaban J connectivity index is 1.71. The Hall–Kier alpha value is -2.46. The molecule has 1 heterocycles. The molecule has 0 radical (unpaired) electrons. The van der Waals surface area contributed by atoms with Gasteiger partial charge in [0.05, 0.1) is 24.6 Å². The number of carbonyl (C=O) groups is 2. The molecule has 1 aliphatic carbocycles. The Morgan fingerprint density at radius 1 is 1.20 bits per heavy atom. The van der Waals surface area contributed by atoms with Crippen LogP contribution in [0.25, 0.3) is 0 Å². The van der Waals surface area contributed by atoms with E-state index in [-0.39, 0.29) is 12.1 Å². The highest BCUT2D eigenvalue weighted by Gasteiger charge is 2.30. The van der Waals surface area contributed by atoms with Crippen molar-refractivity contribution in [2.75, 3.05) is 26.1 Å². The number of carbonyl (C=O) groups excluding carboxylic acids is 1. The molecular formula is C25H35N3O5S2. The monoisotopic (exact) mass is 521 g/mol. The van der Waals surface area contributed by atoms with Crippen molar-refractivity contribution in [3.8, 4) is 11.5 Å². The third-order valence-corrected chi connectivity index (χ3v) is 8.54. The van der Waals surface area contributed by atoms with Crippen molar-refractivity contribution in [1.29, 1.82) is 0 Å². The molecule has 192 valence electrons. The van der Waals surface area contributed by atoms with Crippen molar-refractivity contribution in [1.82, 2.24) is 9.88 Å². The summed E-state index contributed by atoms with van der Waals surface area (Å²) in [4.78, 5) is 31.1. The van der Waals surface area contributed by atoms with Gasteiger partial charge in [-0.15, -0.1) is 0 Å². The Kier molecular flexibility index (Phi) is 9.29. The average molecular weight is 522 g/mol. The number of thioether (sulfide) groups is 1. The summed E-state index contributed by atoms with van der Waals surface area (Å²) < 4.78 is 10.5. The van der Waals surface area contributed by atoms with Gasteiger partial charge in [0.1, 0.15) is 4.75 Å². The summed E-state index contributed by atoms with van der Waals surface area (Å²) in [5, 5.41) is 12.8. The SMILES string of the molecule is COc1ccc(CCN(C(=O)Nc2ncc(SC(C)(C)C(=O)O)s2)C2CCC(C)CC2)cc1OC. The van der Waals surface area contributed by atoms with E-state index in [9.17, 15) is 14.7 Å². The van der Waals surface area contributed by atoms with E-state index in [1.54, 1.807) is 34.3 Å². The number of aliphatic carboxylic acids is 1. The van der Waals surface area contributed by atoms with Crippen LogP contribution in [0.15, 0.2) is 28.6 Å². The molecule has 8 nitrogen and oxygen atoms in total. The first-order valence-corrected chi connectivity index (χ1v) is 13.4. The zero-order valence-corrected chi connectivity index (χ0v) is 22.6. The molecule has 1 aromatic carbocycles. The predicted molar refractivity (Wildman–Crippen MR) is 140 cm³/mol. The van der Waals surface area contributed by atoms with Crippen molar-refractivity contribution in [3.05, 3.63) is 30.0 Å². The lowest BCUT2D eigenvalue weighted by atomic mass is 9.86. The number of urea groups is 1. The molecular weight excluding hydrogens is 486 g/mol. The highest BCUT2D eigenvalue weighted by atomic mass is 32.2. The summed E-state index contributed by atoms with van der Waals surface area (Å²) in [7, 11) is 3.22. The zero-order valence-electron chi connectivity index (χ0n) is 21.0. The second-order valence-electron chi connectivity index (χ2n) is 9.38. The van der Waals surface area contributed by atoms with Gasteiger partial charge in [0, 0.05) is 12.6 Å². The van der Waals surface area contributed by atoms with Crippen LogP contribution >= 0.6 is 23.1 Å². The van der Waals surface area contributed by atoms with E-state index in [0.29, 0.717) is 35.5 Å². The molecule has 0 spiro atoms. The van der Waals surface area contributed by atoms with Crippen molar-refractivity contribution in [2.45, 2.75) is 67.9 Å². The van der Waals surface area contributed by atoms with Crippen LogP contribution in [-0.2, 0) is 11.2 Å². The number of hydrogen-bond donors (Lipinski definition) is 2. The smallest absolute Gasteiger partial charge is 0.323 e. The maximum atomic E-state index is 13.4. The number of ether oxygens (including phenoxy) is 2. The number of amides is 2. The van der Waals surface area contributed by atoms with Gasteiger partial charge in [0.2, 0.25) is 0 Å². The predicted octanol–water partition coefficient (Wildman–Crippen LogP) is 5.77. The van der Waals surface area contributed by atoms with Crippen molar-refractivity contribution >= 4 is 40.2 Å². The Morgan fingerprint density at radius 2 is 1.89 bits per heavy atom. The molecule has 1 aliphatic rings. The minimum atomic E-state index is -0.974. The molecule has 1 saturated carbocycles. The normalized spacial score (nSPS) is 18.1. The molecule has 0 saturated heterocycles. The number of methoxy groups -OCH3 is 2. The second kappa shape index (κ2) is 12.0. The number of hydrogen-bond acceptors (Lipinski definition) is 7. The maximum absolute atomic E-state index is 13.4. The molecule has 0 unspecified atom stereocenters. The van der Waals surface area contributed by atoms with Crippen LogP contribution < -0.4 is 14.8 Å². The standard InChI is InChI=1S/C25H35N3O5S2/c1-16-6-9-18(10-7-16)28(13-12-17-8-11-19(32-4)20(14-17)33-5)24(31)27-23-26-15-21(34-23)35-25(2,3)22(29)30/h8,11,14-16,18H,6-7,9-10,12-13H2,1-5H3,(H,29,30)(H,26,27,31). The Morgan fingerprint density at radius 3 is 2.51 bits per heavy atom. The van der Waals surface area contributed by atoms with Crippen LogP contribution in [0, 0.1) is 5.92 Å². The highest BCUT2D eigenvalue weighted by molar-refractivity contribution is 8.03. The zero-order chi connectivity index (χ0) is 25.6. The molecule has 0 bridgehead atoms. The van der Waals surface area contributed by atoms with Crippen molar-refractivity contribution in [3.63, 3.8) is 0 Å². The number of nitrogens with one attached hydrogen (secondary N) is 1. The van der Waals surface area contributed by atoms with Gasteiger partial charge in [-0.25, -0.2) is 9.78 Å². The third kappa shape index (κ3) is 7.27. The summed E-state index contributed by atoms with van der Waals surface area (Å²) in [6.07, 6.45) is 6.47. The molecule has 1 fully saturated rings. The van der Waals surface area contributed by atoms with Gasteiger partial charge in [-0.3, -0.25) is 10.1 Å². The summed E-state index contributed by atoms with van der Waals surface area (Å²) in [5.74, 6) is 1.13. The van der Waals surface area contributed by atoms with E-state index in [1.807, 2.05) is 23.1 Å². The van der Waals surface area contributed by atoms with Gasteiger partial charge in [-0.05, 0) is 69.6 Å². The van der Waals surface area contributed by atoms with E-state index in [0.717, 1.165) is 35.5 Å². The lowest BCUT2D eigenvalue weighted by Gasteiger charge is -2.36. The Labute approximate surface area is 215 Å². The number of aromatic nitrogens is 1. The number of thiazole rings is 1. The largest absolute Gasteiger partial charge is 0.493 e. The third-order valence-electron chi connectivity index (χ3n) is 6.35. The second-order valence-corrected chi connectivity index (χ2v) is 12.3. The van der Waals surface area contributed by atoms with E-state index < -0.39 is 10.7 Å². The molecule has 2 amide bonds. The summed E-state index contributed by atoms with van der Waals surface area (Å²) in [6.45, 7) is 6.13. The lowest BCUT2D eigenvalue weighted by molar-refractivity contribution is -0.138. The van der Waals surface area contributed by atoms with Crippen LogP contribution in [0.5, 0.6) is 11.5 Å². The molecule has 2 N–H and O–H groups in total. The van der Waals surface area contributed by atoms with Crippen LogP contribution in [0.4, 0.5) is 9.93 Å². The van der Waals surface area contributed by atoms with E-state index in [1.165, 1.54) is 23.1 Å². The first-order valence-electron chi connectivity index (χ1n) is 11.8. The number of benzene rings is 1. The van der Waals surface area contributed by atoms with Crippen LogP contribution in [0.3, 0.4) is 0 Å². The van der Waals surface area contributed by atoms with Crippen molar-refractivity contribution in [2.24, 2.45) is 5.92 Å². The van der Waals surface area contributed by atoms with Gasteiger partial charge in [-0.1, -0.05) is 36.1 Å². The number of rotatable bonds is 10. The number of anilines is 1. The van der Waals surface area contributed by atoms with Gasteiger partial charge in [0.15, 0.2) is 16.6 Å². The first kappa shape index (κ1) is 27.1.